The van der Waals surface area contributed by atoms with E-state index in [1.54, 1.807) is 12.1 Å². The number of carbonyl (C=O) groups is 2. The second-order valence-corrected chi connectivity index (χ2v) is 7.16. The molecule has 1 aromatic heterocycles. The number of ketones is 1. The smallest absolute Gasteiger partial charge is 0.261 e. The number of amides is 1. The van der Waals surface area contributed by atoms with Crippen LogP contribution in [0.5, 0.6) is 0 Å². The van der Waals surface area contributed by atoms with E-state index in [4.69, 9.17) is 4.74 Å². The number of rotatable bonds is 6. The van der Waals surface area contributed by atoms with Gasteiger partial charge in [-0.1, -0.05) is 13.8 Å². The molecular formula is C16H24N2O3S. The largest absolute Gasteiger partial charge is 0.374 e. The lowest BCUT2D eigenvalue weighted by Crippen LogP contribution is -2.48. The standard InChI is InChI=1S/C16H24N2O3S/c1-11(2)9-18-6-7-21-13(10-18)8-17-16(20)15-5-4-14(22-15)12(3)19/h4-5,11,13H,6-10H2,1-3H3,(H,17,20)/t13-/m0/s1. The quantitative estimate of drug-likeness (QED) is 0.814. The number of hydrogen-bond acceptors (Lipinski definition) is 5. The molecule has 22 heavy (non-hydrogen) atoms. The first-order valence-electron chi connectivity index (χ1n) is 7.68. The molecule has 1 aromatic rings. The van der Waals surface area contributed by atoms with Gasteiger partial charge in [0.25, 0.3) is 5.91 Å². The molecular weight excluding hydrogens is 300 g/mol. The zero-order valence-electron chi connectivity index (χ0n) is 13.4. The summed E-state index contributed by atoms with van der Waals surface area (Å²) in [6.07, 6.45) is 0.0312. The van der Waals surface area contributed by atoms with E-state index in [-0.39, 0.29) is 17.8 Å². The number of hydrogen-bond donors (Lipinski definition) is 1. The molecule has 0 bridgehead atoms. The Morgan fingerprint density at radius 3 is 2.77 bits per heavy atom. The maximum atomic E-state index is 12.1. The van der Waals surface area contributed by atoms with Gasteiger partial charge in [0.2, 0.25) is 0 Å². The molecule has 1 N–H and O–H groups in total. The molecule has 0 radical (unpaired) electrons. The van der Waals surface area contributed by atoms with Gasteiger partial charge >= 0.3 is 0 Å². The third-order valence-electron chi connectivity index (χ3n) is 3.51. The molecule has 0 unspecified atom stereocenters. The van der Waals surface area contributed by atoms with Gasteiger partial charge in [-0.25, -0.2) is 0 Å². The van der Waals surface area contributed by atoms with Crippen LogP contribution < -0.4 is 5.32 Å². The Balaban J connectivity index is 1.81. The Morgan fingerprint density at radius 2 is 2.14 bits per heavy atom. The third kappa shape index (κ3) is 4.90. The van der Waals surface area contributed by atoms with Gasteiger partial charge in [0.15, 0.2) is 5.78 Å². The van der Waals surface area contributed by atoms with Crippen LogP contribution in [0, 0.1) is 5.92 Å². The summed E-state index contributed by atoms with van der Waals surface area (Å²) < 4.78 is 5.71. The van der Waals surface area contributed by atoms with E-state index >= 15 is 0 Å². The fourth-order valence-electron chi connectivity index (χ4n) is 2.53. The Bertz CT molecular complexity index is 527. The van der Waals surface area contributed by atoms with E-state index in [2.05, 4.69) is 24.1 Å². The first-order valence-corrected chi connectivity index (χ1v) is 8.50. The average Bonchev–Trinajstić information content (AvgIpc) is 2.94. The van der Waals surface area contributed by atoms with Crippen molar-refractivity contribution < 1.29 is 14.3 Å². The van der Waals surface area contributed by atoms with Gasteiger partial charge < -0.3 is 10.1 Å². The molecule has 6 heteroatoms. The zero-order valence-corrected chi connectivity index (χ0v) is 14.2. The van der Waals surface area contributed by atoms with Crippen LogP contribution in [-0.2, 0) is 4.74 Å². The molecule has 122 valence electrons. The molecule has 1 aliphatic heterocycles. The van der Waals surface area contributed by atoms with Crippen molar-refractivity contribution >= 4 is 23.0 Å². The van der Waals surface area contributed by atoms with E-state index < -0.39 is 0 Å². The normalized spacial score (nSPS) is 19.4. The second kappa shape index (κ2) is 7.85. The number of nitrogens with one attached hydrogen (secondary N) is 1. The molecule has 2 heterocycles. The van der Waals surface area contributed by atoms with Crippen molar-refractivity contribution in [1.29, 1.82) is 0 Å². The second-order valence-electron chi connectivity index (χ2n) is 6.08. The minimum Gasteiger partial charge on any atom is -0.374 e. The summed E-state index contributed by atoms with van der Waals surface area (Å²) in [4.78, 5) is 26.9. The molecule has 1 aliphatic rings. The van der Waals surface area contributed by atoms with Crippen molar-refractivity contribution in [1.82, 2.24) is 10.2 Å². The highest BCUT2D eigenvalue weighted by Crippen LogP contribution is 2.17. The van der Waals surface area contributed by atoms with Crippen molar-refractivity contribution in [2.45, 2.75) is 26.9 Å². The number of nitrogens with zero attached hydrogens (tertiary/aromatic N) is 1. The highest BCUT2D eigenvalue weighted by molar-refractivity contribution is 7.15. The van der Waals surface area contributed by atoms with Crippen LogP contribution in [0.3, 0.4) is 0 Å². The highest BCUT2D eigenvalue weighted by atomic mass is 32.1. The van der Waals surface area contributed by atoms with Gasteiger partial charge in [-0.2, -0.15) is 0 Å². The summed E-state index contributed by atoms with van der Waals surface area (Å²) >= 11 is 1.23. The monoisotopic (exact) mass is 324 g/mol. The Hall–Kier alpha value is -1.24. The first-order chi connectivity index (χ1) is 10.5. The van der Waals surface area contributed by atoms with Gasteiger partial charge in [0, 0.05) is 26.2 Å². The predicted octanol–water partition coefficient (Wildman–Crippen LogP) is 2.04. The number of Topliss-reactive ketones (excluding diaryl/α,β-unsaturated/α-hetero) is 1. The molecule has 0 spiro atoms. The minimum absolute atomic E-state index is 0.0102. The van der Waals surface area contributed by atoms with E-state index in [0.717, 1.165) is 19.6 Å². The number of morpholine rings is 1. The van der Waals surface area contributed by atoms with Crippen LogP contribution in [0.1, 0.15) is 40.1 Å². The highest BCUT2D eigenvalue weighted by Gasteiger charge is 2.22. The number of thiophene rings is 1. The van der Waals surface area contributed by atoms with Gasteiger partial charge in [0.05, 0.1) is 22.5 Å². The van der Waals surface area contributed by atoms with Crippen LogP contribution in [0.2, 0.25) is 0 Å². The summed E-state index contributed by atoms with van der Waals surface area (Å²) in [6, 6.07) is 3.40. The SMILES string of the molecule is CC(=O)c1ccc(C(=O)NC[C@H]2CN(CC(C)C)CCO2)s1. The van der Waals surface area contributed by atoms with Crippen molar-refractivity contribution in [2.75, 3.05) is 32.8 Å². The molecule has 1 atom stereocenters. The maximum Gasteiger partial charge on any atom is 0.261 e. The zero-order chi connectivity index (χ0) is 16.1. The molecule has 0 aromatic carbocycles. The van der Waals surface area contributed by atoms with Crippen molar-refractivity contribution in [3.63, 3.8) is 0 Å². The number of ether oxygens (including phenoxy) is 1. The predicted molar refractivity (Wildman–Crippen MR) is 87.7 cm³/mol. The van der Waals surface area contributed by atoms with Gasteiger partial charge in [-0.05, 0) is 25.0 Å². The Kier molecular flexibility index (Phi) is 6.11. The summed E-state index contributed by atoms with van der Waals surface area (Å²) in [5.41, 5.74) is 0. The van der Waals surface area contributed by atoms with E-state index in [1.165, 1.54) is 18.3 Å². The molecule has 2 rings (SSSR count). The Labute approximate surface area is 135 Å². The van der Waals surface area contributed by atoms with Gasteiger partial charge in [0.1, 0.15) is 0 Å². The molecule has 1 amide bonds. The Morgan fingerprint density at radius 1 is 1.41 bits per heavy atom. The van der Waals surface area contributed by atoms with E-state index in [0.29, 0.717) is 28.8 Å². The summed E-state index contributed by atoms with van der Waals surface area (Å²) in [5, 5.41) is 2.90. The topological polar surface area (TPSA) is 58.6 Å². The molecule has 1 fully saturated rings. The van der Waals surface area contributed by atoms with Crippen molar-refractivity contribution in [2.24, 2.45) is 5.92 Å². The van der Waals surface area contributed by atoms with Crippen LogP contribution in [-0.4, -0.2) is 55.5 Å². The van der Waals surface area contributed by atoms with Gasteiger partial charge in [-0.15, -0.1) is 11.3 Å². The third-order valence-corrected chi connectivity index (χ3v) is 4.70. The lowest BCUT2D eigenvalue weighted by Gasteiger charge is -2.33. The minimum atomic E-state index is -0.137. The van der Waals surface area contributed by atoms with E-state index in [1.807, 2.05) is 0 Å². The van der Waals surface area contributed by atoms with Crippen LogP contribution in [0.4, 0.5) is 0 Å². The fraction of sp³-hybridized carbons (Fsp3) is 0.625. The summed E-state index contributed by atoms with van der Waals surface area (Å²) in [6.45, 7) is 9.98. The number of carbonyl (C=O) groups excluding carboxylic acids is 2. The van der Waals surface area contributed by atoms with Crippen LogP contribution in [0.15, 0.2) is 12.1 Å². The lowest BCUT2D eigenvalue weighted by atomic mass is 10.2. The first kappa shape index (κ1) is 17.1. The van der Waals surface area contributed by atoms with Crippen LogP contribution >= 0.6 is 11.3 Å². The van der Waals surface area contributed by atoms with Crippen molar-refractivity contribution in [3.05, 3.63) is 21.9 Å². The summed E-state index contributed by atoms with van der Waals surface area (Å²) in [7, 11) is 0. The summed E-state index contributed by atoms with van der Waals surface area (Å²) in [5.74, 6) is 0.482. The molecule has 0 saturated carbocycles. The molecule has 0 aliphatic carbocycles. The van der Waals surface area contributed by atoms with Gasteiger partial charge in [-0.3, -0.25) is 14.5 Å². The average molecular weight is 324 g/mol. The maximum absolute atomic E-state index is 12.1. The lowest BCUT2D eigenvalue weighted by molar-refractivity contribution is -0.0295. The molecule has 5 nitrogen and oxygen atoms in total. The van der Waals surface area contributed by atoms with E-state index in [9.17, 15) is 9.59 Å². The van der Waals surface area contributed by atoms with Crippen LogP contribution in [0.25, 0.3) is 0 Å². The fourth-order valence-corrected chi connectivity index (χ4v) is 3.35. The van der Waals surface area contributed by atoms with Crippen molar-refractivity contribution in [3.8, 4) is 0 Å². The molecule has 1 saturated heterocycles.